The quantitative estimate of drug-likeness (QED) is 0.594. The standard InChI is InChI=1S/C22H28BN3O4S/c1-21(2)22(3,4)30-23(29-21)18-13-20-16(10-11-26(20)5)12-19(18)25-31(27,28)17-8-6-15(14-24)7-9-17/h6-13,25H,14,24H2,1-5H3. The minimum atomic E-state index is -3.82. The number of aryl methyl sites for hydroxylation is 1. The molecular formula is C22H28BN3O4S. The van der Waals surface area contributed by atoms with Gasteiger partial charge in [-0.2, -0.15) is 0 Å². The monoisotopic (exact) mass is 441 g/mol. The van der Waals surface area contributed by atoms with E-state index in [2.05, 4.69) is 4.72 Å². The maximum absolute atomic E-state index is 13.1. The molecule has 1 saturated heterocycles. The highest BCUT2D eigenvalue weighted by atomic mass is 32.2. The number of nitrogens with one attached hydrogen (secondary N) is 1. The van der Waals surface area contributed by atoms with Crippen molar-refractivity contribution in [3.8, 4) is 0 Å². The fourth-order valence-corrected chi connectivity index (χ4v) is 4.67. The third kappa shape index (κ3) is 3.87. The SMILES string of the molecule is Cn1ccc2cc(NS(=O)(=O)c3ccc(CN)cc3)c(B3OC(C)(C)C(C)(C)O3)cc21. The van der Waals surface area contributed by atoms with E-state index in [9.17, 15) is 8.42 Å². The number of nitrogens with two attached hydrogens (primary N) is 1. The van der Waals surface area contributed by atoms with E-state index < -0.39 is 28.3 Å². The molecule has 0 spiro atoms. The summed E-state index contributed by atoms with van der Waals surface area (Å²) < 4.78 is 43.4. The second kappa shape index (κ2) is 7.37. The van der Waals surface area contributed by atoms with Crippen LogP contribution >= 0.6 is 0 Å². The summed E-state index contributed by atoms with van der Waals surface area (Å²) in [7, 11) is -2.58. The van der Waals surface area contributed by atoms with E-state index in [0.717, 1.165) is 16.5 Å². The van der Waals surface area contributed by atoms with Gasteiger partial charge in [-0.25, -0.2) is 8.42 Å². The van der Waals surface area contributed by atoms with Crippen LogP contribution in [-0.4, -0.2) is 31.3 Å². The molecule has 2 aromatic carbocycles. The van der Waals surface area contributed by atoms with Crippen molar-refractivity contribution in [2.24, 2.45) is 12.8 Å². The molecule has 164 valence electrons. The lowest BCUT2D eigenvalue weighted by atomic mass is 9.77. The summed E-state index contributed by atoms with van der Waals surface area (Å²) in [4.78, 5) is 0.165. The summed E-state index contributed by atoms with van der Waals surface area (Å²) in [5.41, 5.74) is 7.42. The van der Waals surface area contributed by atoms with Gasteiger partial charge >= 0.3 is 7.12 Å². The first-order valence-electron chi connectivity index (χ1n) is 10.2. The topological polar surface area (TPSA) is 95.6 Å². The van der Waals surface area contributed by atoms with Gasteiger partial charge in [0.15, 0.2) is 0 Å². The Morgan fingerprint density at radius 2 is 1.65 bits per heavy atom. The van der Waals surface area contributed by atoms with Crippen LogP contribution in [-0.2, 0) is 32.9 Å². The van der Waals surface area contributed by atoms with Crippen molar-refractivity contribution in [1.29, 1.82) is 0 Å². The van der Waals surface area contributed by atoms with Gasteiger partial charge in [-0.15, -0.1) is 0 Å². The molecule has 0 atom stereocenters. The molecule has 7 nitrogen and oxygen atoms in total. The van der Waals surface area contributed by atoms with Crippen molar-refractivity contribution in [2.45, 2.75) is 50.3 Å². The van der Waals surface area contributed by atoms with Crippen LogP contribution in [0.3, 0.4) is 0 Å². The van der Waals surface area contributed by atoms with Gasteiger partial charge in [0, 0.05) is 41.8 Å². The van der Waals surface area contributed by atoms with Crippen LogP contribution < -0.4 is 15.9 Å². The second-order valence-electron chi connectivity index (χ2n) is 8.97. The van der Waals surface area contributed by atoms with Crippen molar-refractivity contribution in [1.82, 2.24) is 4.57 Å². The van der Waals surface area contributed by atoms with Gasteiger partial charge in [0.1, 0.15) is 0 Å². The minimum Gasteiger partial charge on any atom is -0.399 e. The third-order valence-corrected chi connectivity index (χ3v) is 7.66. The van der Waals surface area contributed by atoms with Crippen LogP contribution in [0.25, 0.3) is 10.9 Å². The maximum atomic E-state index is 13.1. The summed E-state index contributed by atoms with van der Waals surface area (Å²) in [5.74, 6) is 0. The van der Waals surface area contributed by atoms with Gasteiger partial charge < -0.3 is 19.6 Å². The third-order valence-electron chi connectivity index (χ3n) is 6.28. The number of anilines is 1. The fourth-order valence-electron chi connectivity index (χ4n) is 3.59. The largest absolute Gasteiger partial charge is 0.497 e. The lowest BCUT2D eigenvalue weighted by molar-refractivity contribution is 0.00578. The number of aromatic nitrogens is 1. The molecule has 1 aromatic heterocycles. The molecule has 2 heterocycles. The van der Waals surface area contributed by atoms with Gasteiger partial charge in [-0.05, 0) is 63.6 Å². The van der Waals surface area contributed by atoms with Crippen LogP contribution in [0.2, 0.25) is 0 Å². The molecule has 1 aliphatic rings. The van der Waals surface area contributed by atoms with Crippen molar-refractivity contribution >= 4 is 39.2 Å². The van der Waals surface area contributed by atoms with Crippen molar-refractivity contribution < 1.29 is 17.7 Å². The summed E-state index contributed by atoms with van der Waals surface area (Å²) in [5, 5.41) is 0.916. The Bertz CT molecular complexity index is 1220. The smallest absolute Gasteiger partial charge is 0.399 e. The number of hydrogen-bond acceptors (Lipinski definition) is 5. The molecule has 1 fully saturated rings. The molecule has 0 radical (unpaired) electrons. The summed E-state index contributed by atoms with van der Waals surface area (Å²) in [6.45, 7) is 8.23. The van der Waals surface area contributed by atoms with Gasteiger partial charge in [-0.3, -0.25) is 4.72 Å². The fraction of sp³-hybridized carbons (Fsp3) is 0.364. The van der Waals surface area contributed by atoms with Crippen LogP contribution in [0.15, 0.2) is 53.6 Å². The lowest BCUT2D eigenvalue weighted by Gasteiger charge is -2.32. The molecule has 9 heteroatoms. The van der Waals surface area contributed by atoms with Crippen LogP contribution in [0.1, 0.15) is 33.3 Å². The average Bonchev–Trinajstić information content (AvgIpc) is 3.16. The molecule has 31 heavy (non-hydrogen) atoms. The number of rotatable bonds is 5. The summed E-state index contributed by atoms with van der Waals surface area (Å²) in [6, 6.07) is 12.2. The number of hydrogen-bond donors (Lipinski definition) is 2. The molecule has 3 aromatic rings. The Labute approximate surface area is 183 Å². The zero-order chi connectivity index (χ0) is 22.6. The van der Waals surface area contributed by atoms with Crippen molar-refractivity contribution in [2.75, 3.05) is 4.72 Å². The number of benzene rings is 2. The Morgan fingerprint density at radius 1 is 1.03 bits per heavy atom. The Kier molecular flexibility index (Phi) is 5.21. The molecule has 1 aliphatic heterocycles. The van der Waals surface area contributed by atoms with Crippen LogP contribution in [0.5, 0.6) is 0 Å². The van der Waals surface area contributed by atoms with Crippen molar-refractivity contribution in [3.63, 3.8) is 0 Å². The Hall–Kier alpha value is -2.33. The minimum absolute atomic E-state index is 0.165. The predicted octanol–water partition coefficient (Wildman–Crippen LogP) is 2.74. The molecule has 3 N–H and O–H groups in total. The lowest BCUT2D eigenvalue weighted by Crippen LogP contribution is -2.41. The van der Waals surface area contributed by atoms with Crippen LogP contribution in [0.4, 0.5) is 5.69 Å². The number of fused-ring (bicyclic) bond motifs is 1. The molecular weight excluding hydrogens is 413 g/mol. The molecule has 0 unspecified atom stereocenters. The predicted molar refractivity (Wildman–Crippen MR) is 124 cm³/mol. The first-order valence-corrected chi connectivity index (χ1v) is 11.7. The first kappa shape index (κ1) is 21.9. The second-order valence-corrected chi connectivity index (χ2v) is 10.6. The zero-order valence-electron chi connectivity index (χ0n) is 18.5. The van der Waals surface area contributed by atoms with Crippen molar-refractivity contribution in [3.05, 3.63) is 54.2 Å². The summed E-state index contributed by atoms with van der Waals surface area (Å²) in [6.07, 6.45) is 1.93. The van der Waals surface area contributed by atoms with E-state index in [1.807, 2.05) is 63.7 Å². The number of sulfonamides is 1. The first-order chi connectivity index (χ1) is 14.4. The molecule has 0 amide bonds. The highest BCUT2D eigenvalue weighted by Gasteiger charge is 2.52. The van der Waals surface area contributed by atoms with Gasteiger partial charge in [-0.1, -0.05) is 12.1 Å². The highest BCUT2D eigenvalue weighted by molar-refractivity contribution is 7.92. The maximum Gasteiger partial charge on any atom is 0.497 e. The van der Waals surface area contributed by atoms with E-state index >= 15 is 0 Å². The molecule has 4 rings (SSSR count). The van der Waals surface area contributed by atoms with E-state index in [1.54, 1.807) is 24.3 Å². The van der Waals surface area contributed by atoms with E-state index in [0.29, 0.717) is 17.7 Å². The zero-order valence-corrected chi connectivity index (χ0v) is 19.3. The van der Waals surface area contributed by atoms with Gasteiger partial charge in [0.05, 0.1) is 16.1 Å². The van der Waals surface area contributed by atoms with Crippen LogP contribution in [0, 0.1) is 0 Å². The average molecular weight is 441 g/mol. The van der Waals surface area contributed by atoms with E-state index in [4.69, 9.17) is 15.0 Å². The molecule has 0 bridgehead atoms. The molecule has 0 aliphatic carbocycles. The van der Waals surface area contributed by atoms with Gasteiger partial charge in [0.2, 0.25) is 0 Å². The number of nitrogens with zero attached hydrogens (tertiary/aromatic N) is 1. The van der Waals surface area contributed by atoms with E-state index in [1.165, 1.54) is 0 Å². The van der Waals surface area contributed by atoms with Gasteiger partial charge in [0.25, 0.3) is 10.0 Å². The Morgan fingerprint density at radius 3 is 2.23 bits per heavy atom. The Balaban J connectivity index is 1.78. The molecule has 0 saturated carbocycles. The highest BCUT2D eigenvalue weighted by Crippen LogP contribution is 2.37. The normalized spacial score (nSPS) is 17.9. The van der Waals surface area contributed by atoms with E-state index in [-0.39, 0.29) is 4.90 Å². The summed E-state index contributed by atoms with van der Waals surface area (Å²) >= 11 is 0.